The van der Waals surface area contributed by atoms with Crippen molar-refractivity contribution in [2.45, 2.75) is 31.5 Å². The highest BCUT2D eigenvalue weighted by Crippen LogP contribution is 2.25. The van der Waals surface area contributed by atoms with Crippen molar-refractivity contribution in [3.05, 3.63) is 131 Å². The maximum absolute atomic E-state index is 14.3. The predicted octanol–water partition coefficient (Wildman–Crippen LogP) is 3.56. The van der Waals surface area contributed by atoms with Crippen molar-refractivity contribution in [2.24, 2.45) is 11.5 Å². The molecule has 0 fully saturated rings. The number of aromatic nitrogens is 2. The van der Waals surface area contributed by atoms with E-state index in [1.54, 1.807) is 25.2 Å². The van der Waals surface area contributed by atoms with Crippen LogP contribution in [-0.2, 0) is 24.2 Å². The normalized spacial score (nSPS) is 12.4. The maximum Gasteiger partial charge on any atom is 0.306 e. The Morgan fingerprint density at radius 3 is 2.26 bits per heavy atom. The number of carbonyl (C=O) groups excluding carboxylic acids is 3. The van der Waals surface area contributed by atoms with Gasteiger partial charge in [-0.2, -0.15) is 0 Å². The molecule has 0 bridgehead atoms. The second-order valence-corrected chi connectivity index (χ2v) is 10.3. The fraction of sp³-hybridized carbons (Fsp3) is 0.182. The third-order valence-electron chi connectivity index (χ3n) is 7.31. The Labute approximate surface area is 248 Å². The Hall–Kier alpha value is -5.35. The first-order valence-electron chi connectivity index (χ1n) is 13.8. The van der Waals surface area contributed by atoms with Crippen molar-refractivity contribution < 1.29 is 18.8 Å². The first kappa shape index (κ1) is 29.2. The van der Waals surface area contributed by atoms with E-state index in [9.17, 15) is 14.4 Å². The van der Waals surface area contributed by atoms with Crippen molar-refractivity contribution in [3.63, 3.8) is 0 Å². The molecule has 10 heteroatoms. The maximum atomic E-state index is 14.3. The third-order valence-corrected chi connectivity index (χ3v) is 7.31. The molecule has 43 heavy (non-hydrogen) atoms. The van der Waals surface area contributed by atoms with Gasteiger partial charge in [-0.15, -0.1) is 10.2 Å². The van der Waals surface area contributed by atoms with Gasteiger partial charge in [0.25, 0.3) is 5.91 Å². The summed E-state index contributed by atoms with van der Waals surface area (Å²) in [7, 11) is 1.61. The van der Waals surface area contributed by atoms with Crippen LogP contribution in [0.3, 0.4) is 0 Å². The van der Waals surface area contributed by atoms with Crippen LogP contribution in [0.2, 0.25) is 0 Å². The molecule has 0 aliphatic carbocycles. The van der Waals surface area contributed by atoms with Gasteiger partial charge in [-0.3, -0.25) is 14.4 Å². The molecule has 0 unspecified atom stereocenters. The summed E-state index contributed by atoms with van der Waals surface area (Å²) in [5.41, 5.74) is 14.1. The van der Waals surface area contributed by atoms with Crippen molar-refractivity contribution in [1.82, 2.24) is 20.4 Å². The molecule has 0 saturated heterocycles. The van der Waals surface area contributed by atoms with E-state index in [0.717, 1.165) is 27.5 Å². The number of hydrogen-bond donors (Lipinski definition) is 3. The number of nitrogens with one attached hydrogen (secondary N) is 1. The lowest BCUT2D eigenvalue weighted by molar-refractivity contribution is -0.134. The molecule has 0 saturated carbocycles. The fourth-order valence-corrected chi connectivity index (χ4v) is 4.98. The second kappa shape index (κ2) is 13.1. The number of carbonyl (C=O) groups is 3. The van der Waals surface area contributed by atoms with E-state index in [1.807, 2.05) is 78.9 Å². The first-order chi connectivity index (χ1) is 20.8. The summed E-state index contributed by atoms with van der Waals surface area (Å²) in [6.07, 6.45) is 0.545. The van der Waals surface area contributed by atoms with E-state index >= 15 is 0 Å². The minimum Gasteiger partial charge on any atom is -0.415 e. The van der Waals surface area contributed by atoms with Gasteiger partial charge in [0.1, 0.15) is 12.1 Å². The zero-order chi connectivity index (χ0) is 30.3. The molecule has 218 valence electrons. The molecular formula is C33H32N6O4. The Morgan fingerprint density at radius 2 is 1.53 bits per heavy atom. The van der Waals surface area contributed by atoms with Crippen LogP contribution in [0.25, 0.3) is 10.8 Å². The molecule has 0 radical (unpaired) electrons. The van der Waals surface area contributed by atoms with E-state index in [4.69, 9.17) is 15.9 Å². The highest BCUT2D eigenvalue weighted by Gasteiger charge is 2.33. The first-order valence-corrected chi connectivity index (χ1v) is 13.8. The molecule has 0 spiro atoms. The van der Waals surface area contributed by atoms with E-state index in [-0.39, 0.29) is 30.7 Å². The summed E-state index contributed by atoms with van der Waals surface area (Å²) in [6.45, 7) is 0.280. The zero-order valence-corrected chi connectivity index (χ0v) is 23.6. The highest BCUT2D eigenvalue weighted by molar-refractivity contribution is 5.98. The second-order valence-electron chi connectivity index (χ2n) is 10.3. The molecule has 0 aliphatic heterocycles. The molecule has 2 atom stereocenters. The molecule has 1 heterocycles. The monoisotopic (exact) mass is 576 g/mol. The highest BCUT2D eigenvalue weighted by atomic mass is 16.4. The Kier molecular flexibility index (Phi) is 8.88. The molecule has 0 aliphatic rings. The van der Waals surface area contributed by atoms with E-state index in [2.05, 4.69) is 15.5 Å². The van der Waals surface area contributed by atoms with E-state index in [1.165, 1.54) is 4.90 Å². The van der Waals surface area contributed by atoms with Gasteiger partial charge in [0, 0.05) is 32.0 Å². The van der Waals surface area contributed by atoms with Gasteiger partial charge in [0.15, 0.2) is 0 Å². The Morgan fingerprint density at radius 1 is 0.814 bits per heavy atom. The van der Waals surface area contributed by atoms with E-state index in [0.29, 0.717) is 12.0 Å². The summed E-state index contributed by atoms with van der Waals surface area (Å²) in [5.74, 6) is -1.95. The summed E-state index contributed by atoms with van der Waals surface area (Å²) in [5, 5.41) is 12.8. The fourth-order valence-electron chi connectivity index (χ4n) is 4.98. The standard InChI is InChI=1S/C33H32N6O4/c1-39(28(19-21-8-3-2-4-9-21)31-37-38-32(43-31)29(35)40)33(42)27(36-30(41)26-13-7-10-23(17-26)20-34)18-22-14-15-24-11-5-6-12-25(24)16-22/h2-17,27-28H,18-20,34H2,1H3,(H2,35,40)(H,36,41)/t27-,28+/m0/s1. The van der Waals surface area contributed by atoms with Crippen molar-refractivity contribution >= 4 is 28.5 Å². The lowest BCUT2D eigenvalue weighted by Gasteiger charge is -2.30. The number of amides is 3. The number of rotatable bonds is 11. The lowest BCUT2D eigenvalue weighted by Crippen LogP contribution is -2.49. The molecule has 5 aromatic rings. The van der Waals surface area contributed by atoms with Crippen LogP contribution in [0.5, 0.6) is 0 Å². The Balaban J connectivity index is 1.49. The van der Waals surface area contributed by atoms with Crippen LogP contribution in [-0.4, -0.2) is 45.9 Å². The number of benzene rings is 4. The minimum atomic E-state index is -0.947. The van der Waals surface area contributed by atoms with Gasteiger partial charge in [0.05, 0.1) is 0 Å². The summed E-state index contributed by atoms with van der Waals surface area (Å²) in [6, 6.07) is 28.6. The number of fused-ring (bicyclic) bond motifs is 1. The lowest BCUT2D eigenvalue weighted by atomic mass is 9.99. The van der Waals surface area contributed by atoms with Crippen molar-refractivity contribution in [1.29, 1.82) is 0 Å². The average Bonchev–Trinajstić information content (AvgIpc) is 3.54. The van der Waals surface area contributed by atoms with Crippen LogP contribution in [0.1, 0.15) is 49.7 Å². The van der Waals surface area contributed by atoms with Gasteiger partial charge in [-0.25, -0.2) is 0 Å². The molecular weight excluding hydrogens is 544 g/mol. The molecule has 4 aromatic carbocycles. The van der Waals surface area contributed by atoms with Crippen LogP contribution in [0.15, 0.2) is 101 Å². The van der Waals surface area contributed by atoms with Gasteiger partial charge in [-0.05, 0) is 39.6 Å². The largest absolute Gasteiger partial charge is 0.415 e. The smallest absolute Gasteiger partial charge is 0.306 e. The summed E-state index contributed by atoms with van der Waals surface area (Å²) < 4.78 is 5.58. The molecule has 3 amide bonds. The number of hydrogen-bond acceptors (Lipinski definition) is 7. The van der Waals surface area contributed by atoms with Gasteiger partial charge < -0.3 is 26.1 Å². The van der Waals surface area contributed by atoms with Crippen LogP contribution in [0, 0.1) is 0 Å². The summed E-state index contributed by atoms with van der Waals surface area (Å²) in [4.78, 5) is 40.9. The number of nitrogens with zero attached hydrogens (tertiary/aromatic N) is 3. The van der Waals surface area contributed by atoms with Crippen LogP contribution in [0.4, 0.5) is 0 Å². The third kappa shape index (κ3) is 6.94. The molecule has 5 rings (SSSR count). The average molecular weight is 577 g/mol. The molecule has 10 nitrogen and oxygen atoms in total. The minimum absolute atomic E-state index is 0.0555. The van der Waals surface area contributed by atoms with Crippen LogP contribution >= 0.6 is 0 Å². The van der Waals surface area contributed by atoms with Gasteiger partial charge in [0.2, 0.25) is 11.8 Å². The topological polar surface area (TPSA) is 157 Å². The molecule has 1 aromatic heterocycles. The number of primary amides is 1. The number of likely N-dealkylation sites (N-methyl/N-ethyl adjacent to an activating group) is 1. The summed E-state index contributed by atoms with van der Waals surface area (Å²) >= 11 is 0. The van der Waals surface area contributed by atoms with E-state index < -0.39 is 23.9 Å². The van der Waals surface area contributed by atoms with Gasteiger partial charge in [-0.1, -0.05) is 84.9 Å². The van der Waals surface area contributed by atoms with Crippen molar-refractivity contribution in [2.75, 3.05) is 7.05 Å². The van der Waals surface area contributed by atoms with Gasteiger partial charge >= 0.3 is 11.8 Å². The SMILES string of the molecule is CN(C(=O)[C@H](Cc1ccc2ccccc2c1)NC(=O)c1cccc(CN)c1)[C@H](Cc1ccccc1)c1nnc(C(N)=O)o1. The number of nitrogens with two attached hydrogens (primary N) is 2. The van der Waals surface area contributed by atoms with Crippen molar-refractivity contribution in [3.8, 4) is 0 Å². The molecule has 5 N–H and O–H groups in total. The van der Waals surface area contributed by atoms with Crippen LogP contribution < -0.4 is 16.8 Å². The quantitative estimate of drug-likeness (QED) is 0.217. The zero-order valence-electron chi connectivity index (χ0n) is 23.6. The predicted molar refractivity (Wildman–Crippen MR) is 162 cm³/mol. The Bertz CT molecular complexity index is 1750.